The van der Waals surface area contributed by atoms with Crippen LogP contribution < -0.4 is 5.32 Å². The van der Waals surface area contributed by atoms with Gasteiger partial charge in [0, 0.05) is 6.20 Å². The summed E-state index contributed by atoms with van der Waals surface area (Å²) in [6.45, 7) is 3.58. The average Bonchev–Trinajstić information content (AvgIpc) is 2.32. The molecule has 0 aliphatic rings. The van der Waals surface area contributed by atoms with Crippen molar-refractivity contribution in [1.29, 1.82) is 0 Å². The number of rotatable bonds is 5. The third-order valence-electron chi connectivity index (χ3n) is 2.59. The lowest BCUT2D eigenvalue weighted by molar-refractivity contribution is -0.145. The summed E-state index contributed by atoms with van der Waals surface area (Å²) in [7, 11) is 1.30. The van der Waals surface area contributed by atoms with Crippen LogP contribution in [0.5, 0.6) is 0 Å². The lowest BCUT2D eigenvalue weighted by atomic mass is 9.96. The van der Waals surface area contributed by atoms with E-state index in [1.807, 2.05) is 6.92 Å². The molecule has 6 heteroatoms. The summed E-state index contributed by atoms with van der Waals surface area (Å²) in [6, 6.07) is 1.14. The molecular formula is C12H16ClFN2O2. The minimum absolute atomic E-state index is 0.0132. The van der Waals surface area contributed by atoms with Crippen molar-refractivity contribution in [3.63, 3.8) is 0 Å². The second-order valence-corrected chi connectivity index (χ2v) is 4.62. The fraction of sp³-hybridized carbons (Fsp3) is 0.500. The van der Waals surface area contributed by atoms with Gasteiger partial charge in [0.1, 0.15) is 5.54 Å². The fourth-order valence-electron chi connectivity index (χ4n) is 1.71. The van der Waals surface area contributed by atoms with E-state index < -0.39 is 17.3 Å². The van der Waals surface area contributed by atoms with Crippen LogP contribution in [0.4, 0.5) is 10.2 Å². The first-order valence-electron chi connectivity index (χ1n) is 5.60. The molecule has 0 saturated carbocycles. The van der Waals surface area contributed by atoms with Crippen molar-refractivity contribution in [2.24, 2.45) is 0 Å². The van der Waals surface area contributed by atoms with E-state index in [9.17, 15) is 9.18 Å². The Morgan fingerprint density at radius 2 is 2.33 bits per heavy atom. The minimum atomic E-state index is -1.01. The molecule has 0 aliphatic heterocycles. The van der Waals surface area contributed by atoms with Crippen LogP contribution in [0.1, 0.15) is 26.7 Å². The number of methoxy groups -OCH3 is 1. The number of aromatic nitrogens is 1. The van der Waals surface area contributed by atoms with Gasteiger partial charge in [-0.05, 0) is 19.4 Å². The van der Waals surface area contributed by atoms with Crippen molar-refractivity contribution in [3.8, 4) is 0 Å². The van der Waals surface area contributed by atoms with E-state index in [2.05, 4.69) is 10.3 Å². The molecular weight excluding hydrogens is 259 g/mol. The van der Waals surface area contributed by atoms with Crippen molar-refractivity contribution >= 4 is 23.4 Å². The lowest BCUT2D eigenvalue weighted by Gasteiger charge is -2.28. The lowest BCUT2D eigenvalue weighted by Crippen LogP contribution is -2.44. The molecule has 0 fully saturated rings. The summed E-state index contributed by atoms with van der Waals surface area (Å²) >= 11 is 5.62. The number of hydrogen-bond acceptors (Lipinski definition) is 4. The fourth-order valence-corrected chi connectivity index (χ4v) is 1.85. The zero-order valence-electron chi connectivity index (χ0n) is 10.6. The molecule has 1 rings (SSSR count). The first-order valence-corrected chi connectivity index (χ1v) is 5.98. The van der Waals surface area contributed by atoms with E-state index in [1.165, 1.54) is 13.3 Å². The Bertz CT molecular complexity index is 442. The molecule has 1 heterocycles. The molecule has 1 aromatic rings. The Balaban J connectivity index is 2.99. The highest BCUT2D eigenvalue weighted by Gasteiger charge is 2.34. The number of ether oxygens (including phenoxy) is 1. The Labute approximate surface area is 110 Å². The maximum absolute atomic E-state index is 13.6. The molecule has 0 aliphatic carbocycles. The van der Waals surface area contributed by atoms with Crippen molar-refractivity contribution in [1.82, 2.24) is 4.98 Å². The Hall–Kier alpha value is -1.36. The molecule has 1 unspecified atom stereocenters. The van der Waals surface area contributed by atoms with Gasteiger partial charge in [-0.15, -0.1) is 0 Å². The second kappa shape index (κ2) is 6.00. The molecule has 0 amide bonds. The van der Waals surface area contributed by atoms with Crippen molar-refractivity contribution in [2.45, 2.75) is 32.2 Å². The zero-order valence-corrected chi connectivity index (χ0v) is 11.3. The number of pyridine rings is 1. The van der Waals surface area contributed by atoms with Crippen LogP contribution in [-0.2, 0) is 9.53 Å². The third-order valence-corrected chi connectivity index (χ3v) is 2.79. The maximum atomic E-state index is 13.6. The van der Waals surface area contributed by atoms with Gasteiger partial charge >= 0.3 is 5.97 Å². The highest BCUT2D eigenvalue weighted by atomic mass is 35.5. The van der Waals surface area contributed by atoms with Gasteiger partial charge in [0.15, 0.2) is 11.6 Å². The molecule has 1 atom stereocenters. The second-order valence-electron chi connectivity index (χ2n) is 4.18. The van der Waals surface area contributed by atoms with Gasteiger partial charge in [-0.3, -0.25) is 0 Å². The zero-order chi connectivity index (χ0) is 13.8. The number of anilines is 1. The molecule has 18 heavy (non-hydrogen) atoms. The van der Waals surface area contributed by atoms with E-state index in [0.29, 0.717) is 6.42 Å². The summed E-state index contributed by atoms with van der Waals surface area (Å²) < 4.78 is 18.4. The number of carbonyl (C=O) groups is 1. The van der Waals surface area contributed by atoms with Crippen LogP contribution in [0.3, 0.4) is 0 Å². The van der Waals surface area contributed by atoms with Gasteiger partial charge in [-0.1, -0.05) is 24.9 Å². The molecule has 0 spiro atoms. The number of hydrogen-bond donors (Lipinski definition) is 1. The van der Waals surface area contributed by atoms with E-state index in [0.717, 1.165) is 12.5 Å². The van der Waals surface area contributed by atoms with Crippen molar-refractivity contribution in [2.75, 3.05) is 12.4 Å². The number of halogens is 2. The summed E-state index contributed by atoms with van der Waals surface area (Å²) in [5, 5.41) is 2.99. The minimum Gasteiger partial charge on any atom is -0.467 e. The summed E-state index contributed by atoms with van der Waals surface area (Å²) in [4.78, 5) is 15.6. The molecule has 0 aromatic carbocycles. The number of nitrogens with one attached hydrogen (secondary N) is 1. The van der Waals surface area contributed by atoms with Crippen LogP contribution >= 0.6 is 11.6 Å². The van der Waals surface area contributed by atoms with Crippen LogP contribution in [-0.4, -0.2) is 23.6 Å². The highest BCUT2D eigenvalue weighted by Crippen LogP contribution is 2.23. The van der Waals surface area contributed by atoms with Gasteiger partial charge in [0.05, 0.1) is 12.1 Å². The van der Waals surface area contributed by atoms with Crippen LogP contribution in [0, 0.1) is 5.82 Å². The summed E-state index contributed by atoms with van der Waals surface area (Å²) in [5.74, 6) is -1.07. The average molecular weight is 275 g/mol. The van der Waals surface area contributed by atoms with Gasteiger partial charge in [0.2, 0.25) is 0 Å². The van der Waals surface area contributed by atoms with Gasteiger partial charge in [-0.2, -0.15) is 0 Å². The van der Waals surface area contributed by atoms with E-state index >= 15 is 0 Å². The van der Waals surface area contributed by atoms with Crippen LogP contribution in [0.25, 0.3) is 0 Å². The normalized spacial score (nSPS) is 13.8. The molecule has 0 radical (unpaired) electrons. The maximum Gasteiger partial charge on any atom is 0.331 e. The monoisotopic (exact) mass is 274 g/mol. The SMILES string of the molecule is CCCC(C)(Nc1ncc(Cl)cc1F)C(=O)OC. The van der Waals surface area contributed by atoms with Gasteiger partial charge in [-0.25, -0.2) is 14.2 Å². The van der Waals surface area contributed by atoms with Crippen molar-refractivity contribution < 1.29 is 13.9 Å². The Morgan fingerprint density at radius 3 is 2.83 bits per heavy atom. The van der Waals surface area contributed by atoms with Crippen LogP contribution in [0.2, 0.25) is 5.02 Å². The predicted molar refractivity (Wildman–Crippen MR) is 68.2 cm³/mol. The van der Waals surface area contributed by atoms with E-state index in [-0.39, 0.29) is 10.8 Å². The molecule has 1 aromatic heterocycles. The topological polar surface area (TPSA) is 51.2 Å². The first kappa shape index (κ1) is 14.7. The first-order chi connectivity index (χ1) is 8.42. The molecule has 0 bridgehead atoms. The Morgan fingerprint density at radius 1 is 1.67 bits per heavy atom. The largest absolute Gasteiger partial charge is 0.467 e. The predicted octanol–water partition coefficient (Wildman–Crippen LogP) is 3.02. The molecule has 0 saturated heterocycles. The van der Waals surface area contributed by atoms with Crippen molar-refractivity contribution in [3.05, 3.63) is 23.1 Å². The molecule has 1 N–H and O–H groups in total. The quantitative estimate of drug-likeness (QED) is 0.839. The summed E-state index contributed by atoms with van der Waals surface area (Å²) in [6.07, 6.45) is 2.56. The number of carbonyl (C=O) groups excluding carboxylic acids is 1. The van der Waals surface area contributed by atoms with Gasteiger partial charge in [0.25, 0.3) is 0 Å². The third kappa shape index (κ3) is 3.32. The summed E-state index contributed by atoms with van der Waals surface area (Å²) in [5.41, 5.74) is -1.01. The molecule has 100 valence electrons. The number of nitrogens with zero attached hydrogens (tertiary/aromatic N) is 1. The smallest absolute Gasteiger partial charge is 0.331 e. The number of esters is 1. The van der Waals surface area contributed by atoms with E-state index in [4.69, 9.17) is 16.3 Å². The standard InChI is InChI=1S/C12H16ClFN2O2/c1-4-5-12(2,11(17)18-3)16-10-9(14)6-8(13)7-15-10/h6-7H,4-5H2,1-3H3,(H,15,16). The highest BCUT2D eigenvalue weighted by molar-refractivity contribution is 6.30. The van der Waals surface area contributed by atoms with E-state index in [1.54, 1.807) is 6.92 Å². The Kier molecular flexibility index (Phi) is 4.90. The molecule has 4 nitrogen and oxygen atoms in total. The van der Waals surface area contributed by atoms with Gasteiger partial charge < -0.3 is 10.1 Å². The van der Waals surface area contributed by atoms with Crippen LogP contribution in [0.15, 0.2) is 12.3 Å².